The van der Waals surface area contributed by atoms with Crippen molar-refractivity contribution in [3.63, 3.8) is 0 Å². The molecule has 2 fully saturated rings. The van der Waals surface area contributed by atoms with Gasteiger partial charge in [-0.05, 0) is 39.0 Å². The fraction of sp³-hybridized carbons (Fsp3) is 0.938. The molecule has 2 N–H and O–H groups in total. The minimum atomic E-state index is 0.0514. The van der Waals surface area contributed by atoms with Gasteiger partial charge in [0.2, 0.25) is 5.91 Å². The lowest BCUT2D eigenvalue weighted by Crippen LogP contribution is -2.52. The summed E-state index contributed by atoms with van der Waals surface area (Å²) in [4.78, 5) is 13.6. The lowest BCUT2D eigenvalue weighted by molar-refractivity contribution is -0.122. The molecule has 0 aromatic rings. The molecule has 2 rings (SSSR count). The Hall–Kier alpha value is -0.650. The largest absolute Gasteiger partial charge is 0.375 e. The zero-order valence-electron chi connectivity index (χ0n) is 13.8. The number of carbonyl (C=O) groups excluding carboxylic acids is 1. The van der Waals surface area contributed by atoms with E-state index >= 15 is 0 Å². The van der Waals surface area contributed by atoms with Crippen LogP contribution in [0.3, 0.4) is 0 Å². The van der Waals surface area contributed by atoms with Crippen LogP contribution in [-0.4, -0.2) is 61.8 Å². The molecule has 122 valence electrons. The maximum absolute atomic E-state index is 11.4. The van der Waals surface area contributed by atoms with E-state index in [1.54, 1.807) is 7.05 Å². The Morgan fingerprint density at radius 1 is 1.29 bits per heavy atom. The minimum Gasteiger partial charge on any atom is -0.375 e. The molecule has 0 spiro atoms. The second-order valence-electron chi connectivity index (χ2n) is 6.73. The van der Waals surface area contributed by atoms with E-state index in [1.165, 1.54) is 0 Å². The van der Waals surface area contributed by atoms with Gasteiger partial charge in [0.15, 0.2) is 0 Å². The van der Waals surface area contributed by atoms with Crippen LogP contribution >= 0.6 is 0 Å². The van der Waals surface area contributed by atoms with Gasteiger partial charge in [0, 0.05) is 38.8 Å². The highest BCUT2D eigenvalue weighted by Crippen LogP contribution is 2.28. The lowest BCUT2D eigenvalue weighted by Gasteiger charge is -2.41. The summed E-state index contributed by atoms with van der Waals surface area (Å²) in [6.45, 7) is 7.87. The van der Waals surface area contributed by atoms with Gasteiger partial charge in [-0.1, -0.05) is 6.92 Å². The number of hydrogen-bond acceptors (Lipinski definition) is 4. The number of carbonyl (C=O) groups is 1. The van der Waals surface area contributed by atoms with Crippen molar-refractivity contribution in [1.29, 1.82) is 0 Å². The maximum atomic E-state index is 11.4. The highest BCUT2D eigenvalue weighted by molar-refractivity contribution is 5.77. The molecule has 0 bridgehead atoms. The van der Waals surface area contributed by atoms with E-state index < -0.39 is 0 Å². The summed E-state index contributed by atoms with van der Waals surface area (Å²) in [7, 11) is 1.70. The first kappa shape index (κ1) is 16.7. The summed E-state index contributed by atoms with van der Waals surface area (Å²) in [5.74, 6) is 0.115. The van der Waals surface area contributed by atoms with E-state index in [0.29, 0.717) is 18.6 Å². The predicted molar refractivity (Wildman–Crippen MR) is 84.3 cm³/mol. The Balaban J connectivity index is 1.72. The van der Waals surface area contributed by atoms with E-state index in [2.05, 4.69) is 29.4 Å². The molecule has 21 heavy (non-hydrogen) atoms. The van der Waals surface area contributed by atoms with E-state index in [4.69, 9.17) is 4.74 Å². The van der Waals surface area contributed by atoms with Crippen LogP contribution in [0, 0.1) is 0 Å². The number of likely N-dealkylation sites (tertiary alicyclic amines) is 1. The third-order valence-electron chi connectivity index (χ3n) is 5.05. The molecule has 0 aromatic carbocycles. The van der Waals surface area contributed by atoms with Gasteiger partial charge in [0.1, 0.15) is 0 Å². The molecular weight excluding hydrogens is 266 g/mol. The van der Waals surface area contributed by atoms with Crippen molar-refractivity contribution in [1.82, 2.24) is 15.5 Å². The van der Waals surface area contributed by atoms with Crippen molar-refractivity contribution in [3.8, 4) is 0 Å². The average Bonchev–Trinajstić information content (AvgIpc) is 2.49. The second kappa shape index (κ2) is 7.56. The van der Waals surface area contributed by atoms with Gasteiger partial charge in [-0.3, -0.25) is 9.69 Å². The number of likely N-dealkylation sites (N-methyl/N-ethyl adjacent to an activating group) is 1. The predicted octanol–water partition coefficient (Wildman–Crippen LogP) is 1.13. The molecule has 0 saturated carbocycles. The molecule has 2 atom stereocenters. The summed E-state index contributed by atoms with van der Waals surface area (Å²) in [5.41, 5.74) is 0.0514. The first-order chi connectivity index (χ1) is 10.0. The van der Waals surface area contributed by atoms with Crippen LogP contribution in [0.4, 0.5) is 0 Å². The van der Waals surface area contributed by atoms with Gasteiger partial charge >= 0.3 is 0 Å². The lowest BCUT2D eigenvalue weighted by atomic mass is 9.89. The molecule has 1 amide bonds. The van der Waals surface area contributed by atoms with Gasteiger partial charge in [0.05, 0.1) is 12.1 Å². The monoisotopic (exact) mass is 297 g/mol. The molecule has 0 radical (unpaired) electrons. The van der Waals surface area contributed by atoms with Gasteiger partial charge in [0.25, 0.3) is 0 Å². The van der Waals surface area contributed by atoms with Crippen LogP contribution in [0.25, 0.3) is 0 Å². The molecule has 5 nitrogen and oxygen atoms in total. The molecule has 5 heteroatoms. The van der Waals surface area contributed by atoms with Crippen molar-refractivity contribution in [2.45, 2.75) is 63.6 Å². The topological polar surface area (TPSA) is 53.6 Å². The molecule has 2 aliphatic heterocycles. The minimum absolute atomic E-state index is 0.0514. The number of amides is 1. The van der Waals surface area contributed by atoms with Crippen LogP contribution in [0.5, 0.6) is 0 Å². The van der Waals surface area contributed by atoms with Crippen molar-refractivity contribution >= 4 is 5.91 Å². The number of nitrogens with zero attached hydrogens (tertiary/aromatic N) is 1. The van der Waals surface area contributed by atoms with Crippen molar-refractivity contribution < 1.29 is 9.53 Å². The molecule has 2 saturated heterocycles. The Morgan fingerprint density at radius 2 is 2.00 bits per heavy atom. The average molecular weight is 297 g/mol. The van der Waals surface area contributed by atoms with Crippen molar-refractivity contribution in [3.05, 3.63) is 0 Å². The Morgan fingerprint density at radius 3 is 2.62 bits per heavy atom. The van der Waals surface area contributed by atoms with Crippen LogP contribution < -0.4 is 10.6 Å². The van der Waals surface area contributed by atoms with Crippen molar-refractivity contribution in [2.75, 3.05) is 33.3 Å². The molecule has 0 aliphatic carbocycles. The van der Waals surface area contributed by atoms with Gasteiger partial charge in [-0.25, -0.2) is 0 Å². The molecule has 2 heterocycles. The van der Waals surface area contributed by atoms with Crippen LogP contribution in [-0.2, 0) is 9.53 Å². The van der Waals surface area contributed by atoms with Gasteiger partial charge in [-0.15, -0.1) is 0 Å². The second-order valence-corrected chi connectivity index (χ2v) is 6.73. The third kappa shape index (κ3) is 4.94. The summed E-state index contributed by atoms with van der Waals surface area (Å²) in [6, 6.07) is 1.18. The van der Waals surface area contributed by atoms with Gasteiger partial charge in [-0.2, -0.15) is 0 Å². The fourth-order valence-corrected chi connectivity index (χ4v) is 3.39. The maximum Gasteiger partial charge on any atom is 0.233 e. The molecule has 2 aliphatic rings. The molecular formula is C16H31N3O2. The Labute approximate surface area is 128 Å². The number of piperidine rings is 1. The highest BCUT2D eigenvalue weighted by atomic mass is 16.5. The van der Waals surface area contributed by atoms with Crippen molar-refractivity contribution in [2.24, 2.45) is 0 Å². The number of rotatable bonds is 5. The summed E-state index contributed by atoms with van der Waals surface area (Å²) in [5, 5.41) is 6.52. The Bertz CT molecular complexity index is 342. The molecule has 2 unspecified atom stereocenters. The van der Waals surface area contributed by atoms with Crippen LogP contribution in [0.15, 0.2) is 0 Å². The zero-order valence-corrected chi connectivity index (χ0v) is 13.8. The van der Waals surface area contributed by atoms with Gasteiger partial charge < -0.3 is 15.4 Å². The zero-order chi connectivity index (χ0) is 15.3. The van der Waals surface area contributed by atoms with Crippen LogP contribution in [0.1, 0.15) is 46.0 Å². The molecule has 0 aromatic heterocycles. The summed E-state index contributed by atoms with van der Waals surface area (Å²) >= 11 is 0. The third-order valence-corrected chi connectivity index (χ3v) is 5.05. The van der Waals surface area contributed by atoms with E-state index in [9.17, 15) is 4.79 Å². The quantitative estimate of drug-likeness (QED) is 0.799. The fourth-order valence-electron chi connectivity index (χ4n) is 3.39. The van der Waals surface area contributed by atoms with Crippen LogP contribution in [0.2, 0.25) is 0 Å². The number of ether oxygens (including phenoxy) is 1. The normalized spacial score (nSPS) is 32.0. The number of nitrogens with one attached hydrogen (secondary N) is 2. The standard InChI is InChI=1S/C16H31N3O2/c1-4-16(2)11-14(7-10-21-16)18-13-5-8-19(9-6-13)12-15(20)17-3/h13-14,18H,4-12H2,1-3H3,(H,17,20). The smallest absolute Gasteiger partial charge is 0.233 e. The summed E-state index contributed by atoms with van der Waals surface area (Å²) in [6.07, 6.45) is 5.58. The van der Waals surface area contributed by atoms with E-state index in [0.717, 1.165) is 51.8 Å². The first-order valence-electron chi connectivity index (χ1n) is 8.37. The summed E-state index contributed by atoms with van der Waals surface area (Å²) < 4.78 is 5.91. The number of hydrogen-bond donors (Lipinski definition) is 2. The van der Waals surface area contributed by atoms with E-state index in [1.807, 2.05) is 0 Å². The Kier molecular flexibility index (Phi) is 6.02. The SMILES string of the molecule is CCC1(C)CC(NC2CCN(CC(=O)NC)CC2)CCO1. The van der Waals surface area contributed by atoms with E-state index in [-0.39, 0.29) is 11.5 Å². The first-order valence-corrected chi connectivity index (χ1v) is 8.37. The highest BCUT2D eigenvalue weighted by Gasteiger charge is 2.33.